The average molecular weight is 188 g/mol. The summed E-state index contributed by atoms with van der Waals surface area (Å²) in [5.41, 5.74) is -0.162. The van der Waals surface area contributed by atoms with Crippen LogP contribution in [0, 0.1) is 5.92 Å². The van der Waals surface area contributed by atoms with Crippen LogP contribution in [0.3, 0.4) is 0 Å². The minimum Gasteiger partial charge on any atom is -0.463 e. The van der Waals surface area contributed by atoms with Crippen LogP contribution in [0.25, 0.3) is 0 Å². The van der Waals surface area contributed by atoms with Crippen molar-refractivity contribution >= 4 is 5.97 Å². The molecule has 0 aromatic carbocycles. The lowest BCUT2D eigenvalue weighted by Gasteiger charge is -2.19. The van der Waals surface area contributed by atoms with Crippen molar-refractivity contribution in [1.82, 2.24) is 0 Å². The van der Waals surface area contributed by atoms with Crippen LogP contribution in [0.5, 0.6) is 0 Å². The van der Waals surface area contributed by atoms with Crippen LogP contribution < -0.4 is 0 Å². The van der Waals surface area contributed by atoms with Gasteiger partial charge in [-0.15, -0.1) is 0 Å². The largest absolute Gasteiger partial charge is 0.463 e. The molecule has 0 atom stereocenters. The Bertz CT molecular complexity index is 156. The van der Waals surface area contributed by atoms with Gasteiger partial charge >= 0.3 is 5.97 Å². The first kappa shape index (κ1) is 12.4. The molecule has 13 heavy (non-hydrogen) atoms. The SMILES string of the molecule is CC(C)C(=O)OCCOC(C)(C)C. The second-order valence-corrected chi connectivity index (χ2v) is 4.28. The zero-order chi connectivity index (χ0) is 10.5. The molecule has 0 saturated carbocycles. The molecule has 78 valence electrons. The predicted molar refractivity (Wildman–Crippen MR) is 51.5 cm³/mol. The van der Waals surface area contributed by atoms with E-state index >= 15 is 0 Å². The summed E-state index contributed by atoms with van der Waals surface area (Å²) < 4.78 is 10.3. The lowest BCUT2D eigenvalue weighted by molar-refractivity contribution is -0.150. The maximum Gasteiger partial charge on any atom is 0.308 e. The monoisotopic (exact) mass is 188 g/mol. The molecule has 0 fully saturated rings. The van der Waals surface area contributed by atoms with Gasteiger partial charge in [-0.3, -0.25) is 4.79 Å². The van der Waals surface area contributed by atoms with Gasteiger partial charge in [0.1, 0.15) is 6.61 Å². The van der Waals surface area contributed by atoms with E-state index in [4.69, 9.17) is 9.47 Å². The van der Waals surface area contributed by atoms with E-state index in [2.05, 4.69) is 0 Å². The standard InChI is InChI=1S/C10H20O3/c1-8(2)9(11)12-6-7-13-10(3,4)5/h8H,6-7H2,1-5H3. The van der Waals surface area contributed by atoms with Crippen molar-refractivity contribution in [2.75, 3.05) is 13.2 Å². The van der Waals surface area contributed by atoms with Gasteiger partial charge in [-0.2, -0.15) is 0 Å². The predicted octanol–water partition coefficient (Wildman–Crippen LogP) is 2.00. The van der Waals surface area contributed by atoms with Gasteiger partial charge < -0.3 is 9.47 Å². The van der Waals surface area contributed by atoms with Crippen LogP contribution in [0.15, 0.2) is 0 Å². The number of hydrogen-bond donors (Lipinski definition) is 0. The number of rotatable bonds is 4. The van der Waals surface area contributed by atoms with Gasteiger partial charge in [0.25, 0.3) is 0 Å². The molecule has 0 aliphatic rings. The van der Waals surface area contributed by atoms with Crippen molar-refractivity contribution in [2.45, 2.75) is 40.2 Å². The third kappa shape index (κ3) is 7.78. The molecule has 0 bridgehead atoms. The lowest BCUT2D eigenvalue weighted by Crippen LogP contribution is -2.23. The highest BCUT2D eigenvalue weighted by atomic mass is 16.6. The van der Waals surface area contributed by atoms with Gasteiger partial charge in [0.05, 0.1) is 18.1 Å². The van der Waals surface area contributed by atoms with Gasteiger partial charge in [0, 0.05) is 0 Å². The first-order valence-electron chi connectivity index (χ1n) is 4.63. The second kappa shape index (κ2) is 5.22. The molecule has 0 aromatic rings. The van der Waals surface area contributed by atoms with E-state index in [1.165, 1.54) is 0 Å². The Morgan fingerprint density at radius 1 is 1.23 bits per heavy atom. The van der Waals surface area contributed by atoms with Crippen molar-refractivity contribution in [2.24, 2.45) is 5.92 Å². The first-order valence-corrected chi connectivity index (χ1v) is 4.63. The molecule has 0 N–H and O–H groups in total. The Labute approximate surface area is 80.4 Å². The maximum atomic E-state index is 11.0. The molecule has 3 nitrogen and oxygen atoms in total. The zero-order valence-corrected chi connectivity index (χ0v) is 9.22. The molecular weight excluding hydrogens is 168 g/mol. The molecular formula is C10H20O3. The summed E-state index contributed by atoms with van der Waals surface area (Å²) in [6.07, 6.45) is 0. The van der Waals surface area contributed by atoms with E-state index in [1.54, 1.807) is 0 Å². The summed E-state index contributed by atoms with van der Waals surface area (Å²) in [4.78, 5) is 11.0. The van der Waals surface area contributed by atoms with Gasteiger partial charge in [0.2, 0.25) is 0 Å². The number of esters is 1. The lowest BCUT2D eigenvalue weighted by atomic mass is 10.2. The van der Waals surface area contributed by atoms with Crippen LogP contribution in [-0.4, -0.2) is 24.8 Å². The van der Waals surface area contributed by atoms with Crippen molar-refractivity contribution in [1.29, 1.82) is 0 Å². The van der Waals surface area contributed by atoms with Crippen molar-refractivity contribution in [3.05, 3.63) is 0 Å². The van der Waals surface area contributed by atoms with Crippen molar-refractivity contribution in [3.63, 3.8) is 0 Å². The van der Waals surface area contributed by atoms with E-state index < -0.39 is 0 Å². The van der Waals surface area contributed by atoms with Gasteiger partial charge in [-0.05, 0) is 20.8 Å². The van der Waals surface area contributed by atoms with Crippen LogP contribution in [0.2, 0.25) is 0 Å². The van der Waals surface area contributed by atoms with Crippen LogP contribution in [0.4, 0.5) is 0 Å². The van der Waals surface area contributed by atoms with E-state index in [0.717, 1.165) is 0 Å². The minimum absolute atomic E-state index is 0.0605. The quantitative estimate of drug-likeness (QED) is 0.500. The van der Waals surface area contributed by atoms with Crippen LogP contribution in [0.1, 0.15) is 34.6 Å². The summed E-state index contributed by atoms with van der Waals surface area (Å²) in [5.74, 6) is -0.229. The molecule has 0 unspecified atom stereocenters. The minimum atomic E-state index is -0.169. The van der Waals surface area contributed by atoms with Crippen LogP contribution >= 0.6 is 0 Å². The van der Waals surface area contributed by atoms with E-state index in [0.29, 0.717) is 13.2 Å². The molecule has 0 spiro atoms. The van der Waals surface area contributed by atoms with Gasteiger partial charge in [-0.25, -0.2) is 0 Å². The van der Waals surface area contributed by atoms with E-state index in [9.17, 15) is 4.79 Å². The Morgan fingerprint density at radius 3 is 2.15 bits per heavy atom. The Morgan fingerprint density at radius 2 is 1.77 bits per heavy atom. The summed E-state index contributed by atoms with van der Waals surface area (Å²) in [7, 11) is 0. The third-order valence-corrected chi connectivity index (χ3v) is 1.33. The summed E-state index contributed by atoms with van der Waals surface area (Å²) in [6.45, 7) is 10.3. The Balaban J connectivity index is 3.42. The number of ether oxygens (including phenoxy) is 2. The Hall–Kier alpha value is -0.570. The van der Waals surface area contributed by atoms with Crippen molar-refractivity contribution in [3.8, 4) is 0 Å². The fraction of sp³-hybridized carbons (Fsp3) is 0.900. The fourth-order valence-corrected chi connectivity index (χ4v) is 0.657. The molecule has 0 amide bonds. The van der Waals surface area contributed by atoms with Crippen molar-refractivity contribution < 1.29 is 14.3 Å². The normalized spacial score (nSPS) is 11.8. The van der Waals surface area contributed by atoms with Gasteiger partial charge in [0.15, 0.2) is 0 Å². The summed E-state index contributed by atoms with van der Waals surface area (Å²) >= 11 is 0. The molecule has 0 aliphatic heterocycles. The van der Waals surface area contributed by atoms with Crippen LogP contribution in [-0.2, 0) is 14.3 Å². The average Bonchev–Trinajstić information content (AvgIpc) is 1.95. The molecule has 0 radical (unpaired) electrons. The number of carbonyl (C=O) groups is 1. The molecule has 0 rings (SSSR count). The number of hydrogen-bond acceptors (Lipinski definition) is 3. The molecule has 3 heteroatoms. The third-order valence-electron chi connectivity index (χ3n) is 1.33. The highest BCUT2D eigenvalue weighted by molar-refractivity contribution is 5.71. The molecule has 0 heterocycles. The molecule has 0 aromatic heterocycles. The summed E-state index contributed by atoms with van der Waals surface area (Å²) in [5, 5.41) is 0. The van der Waals surface area contributed by atoms with Gasteiger partial charge in [-0.1, -0.05) is 13.8 Å². The van der Waals surface area contributed by atoms with E-state index in [1.807, 2.05) is 34.6 Å². The number of carbonyl (C=O) groups excluding carboxylic acids is 1. The first-order chi connectivity index (χ1) is 5.83. The molecule has 0 aliphatic carbocycles. The zero-order valence-electron chi connectivity index (χ0n) is 9.22. The molecule has 0 saturated heterocycles. The Kier molecular flexibility index (Phi) is 4.99. The second-order valence-electron chi connectivity index (χ2n) is 4.28. The summed E-state index contributed by atoms with van der Waals surface area (Å²) in [6, 6.07) is 0. The highest BCUT2D eigenvalue weighted by Gasteiger charge is 2.11. The highest BCUT2D eigenvalue weighted by Crippen LogP contribution is 2.06. The maximum absolute atomic E-state index is 11.0. The van der Waals surface area contributed by atoms with E-state index in [-0.39, 0.29) is 17.5 Å². The smallest absolute Gasteiger partial charge is 0.308 e. The fourth-order valence-electron chi connectivity index (χ4n) is 0.657. The topological polar surface area (TPSA) is 35.5 Å².